The highest BCUT2D eigenvalue weighted by Gasteiger charge is 2.38. The van der Waals surface area contributed by atoms with Crippen LogP contribution in [0.1, 0.15) is 56.1 Å². The Morgan fingerprint density at radius 1 is 1.29 bits per heavy atom. The summed E-state index contributed by atoms with van der Waals surface area (Å²) in [4.78, 5) is 11.8. The molecule has 4 aliphatic rings. The molecule has 8 heteroatoms. The monoisotopic (exact) mass is 488 g/mol. The maximum Gasteiger partial charge on any atom is 0.412 e. The number of carbonyl (C=O) groups is 1. The molecule has 35 heavy (non-hydrogen) atoms. The molecule has 2 saturated heterocycles. The van der Waals surface area contributed by atoms with E-state index in [-0.39, 0.29) is 17.9 Å². The van der Waals surface area contributed by atoms with Gasteiger partial charge in [0.25, 0.3) is 0 Å². The predicted molar refractivity (Wildman–Crippen MR) is 134 cm³/mol. The van der Waals surface area contributed by atoms with E-state index in [1.165, 1.54) is 6.92 Å². The van der Waals surface area contributed by atoms with Gasteiger partial charge >= 0.3 is 6.18 Å². The van der Waals surface area contributed by atoms with E-state index in [1.807, 2.05) is 6.07 Å². The number of benzene rings is 1. The topological polar surface area (TPSA) is 79.2 Å². The van der Waals surface area contributed by atoms with E-state index < -0.39 is 17.7 Å². The van der Waals surface area contributed by atoms with Crippen molar-refractivity contribution in [1.82, 2.24) is 10.6 Å². The van der Waals surface area contributed by atoms with Gasteiger partial charge in [0.1, 0.15) is 0 Å². The van der Waals surface area contributed by atoms with E-state index in [9.17, 15) is 18.0 Å². The first-order valence-electron chi connectivity index (χ1n) is 12.4. The van der Waals surface area contributed by atoms with Gasteiger partial charge in [-0.3, -0.25) is 4.79 Å². The zero-order valence-corrected chi connectivity index (χ0v) is 20.1. The fraction of sp³-hybridized carbons (Fsp3) is 0.519. The number of halogens is 3. The number of nitrogens with two attached hydrogens (primary N) is 1. The predicted octanol–water partition coefficient (Wildman–Crippen LogP) is 4.84. The summed E-state index contributed by atoms with van der Waals surface area (Å²) in [6.45, 7) is 6.17. The van der Waals surface area contributed by atoms with Gasteiger partial charge in [-0.15, -0.1) is 0 Å². The summed E-state index contributed by atoms with van der Waals surface area (Å²) < 4.78 is 40.4. The van der Waals surface area contributed by atoms with Crippen LogP contribution in [-0.4, -0.2) is 37.3 Å². The number of fused-ring (bicyclic) bond motifs is 3. The summed E-state index contributed by atoms with van der Waals surface area (Å²) >= 11 is 0. The molecule has 5 rings (SSSR count). The smallest absolute Gasteiger partial charge is 0.399 e. The number of hydrogen-bond acceptors (Lipinski definition) is 4. The number of rotatable bonds is 9. The van der Waals surface area contributed by atoms with E-state index in [2.05, 4.69) is 22.5 Å². The van der Waals surface area contributed by atoms with Crippen molar-refractivity contribution in [3.63, 3.8) is 0 Å². The molecular weight excluding hydrogens is 453 g/mol. The van der Waals surface area contributed by atoms with Gasteiger partial charge in [-0.1, -0.05) is 31.7 Å². The van der Waals surface area contributed by atoms with Gasteiger partial charge in [-0.2, -0.15) is 13.2 Å². The van der Waals surface area contributed by atoms with Gasteiger partial charge in [0.05, 0.1) is 0 Å². The minimum Gasteiger partial charge on any atom is -0.399 e. The van der Waals surface area contributed by atoms with Crippen LogP contribution in [0.5, 0.6) is 0 Å². The van der Waals surface area contributed by atoms with E-state index in [4.69, 9.17) is 5.73 Å². The van der Waals surface area contributed by atoms with E-state index in [0.717, 1.165) is 44.3 Å². The molecule has 1 aromatic carbocycles. The van der Waals surface area contributed by atoms with Gasteiger partial charge in [0.2, 0.25) is 5.91 Å². The van der Waals surface area contributed by atoms with Crippen LogP contribution >= 0.6 is 0 Å². The molecule has 1 aromatic rings. The Morgan fingerprint density at radius 2 is 2.06 bits per heavy atom. The summed E-state index contributed by atoms with van der Waals surface area (Å²) in [6, 6.07) is 6.13. The SMILES string of the molecule is C=C(C(C)c1cccc(NC2CC3CCC2CN3)c1/C=C(N)/C=C/CNC(=O)C1CC1)C(F)(F)F. The third-order valence-electron chi connectivity index (χ3n) is 7.46. The normalized spacial score (nSPS) is 25.5. The Hall–Kier alpha value is -2.74. The molecular formula is C27H35F3N4O. The molecule has 5 nitrogen and oxygen atoms in total. The average Bonchev–Trinajstić information content (AvgIpc) is 3.68. The largest absolute Gasteiger partial charge is 0.412 e. The first-order chi connectivity index (χ1) is 16.6. The number of carbonyl (C=O) groups excluding carboxylic acids is 1. The maximum absolute atomic E-state index is 13.5. The second-order valence-corrected chi connectivity index (χ2v) is 10.0. The Balaban J connectivity index is 1.58. The molecule has 4 atom stereocenters. The van der Waals surface area contributed by atoms with Crippen LogP contribution in [0.25, 0.3) is 6.08 Å². The van der Waals surface area contributed by atoms with Crippen LogP contribution in [0.4, 0.5) is 18.9 Å². The minimum absolute atomic E-state index is 0.0461. The van der Waals surface area contributed by atoms with Crippen molar-refractivity contribution in [3.8, 4) is 0 Å². The first-order valence-corrected chi connectivity index (χ1v) is 12.4. The summed E-state index contributed by atoms with van der Waals surface area (Å²) in [6.07, 6.45) is 5.83. The molecule has 4 fully saturated rings. The number of amides is 1. The molecule has 2 aliphatic heterocycles. The molecule has 0 aromatic heterocycles. The summed E-state index contributed by atoms with van der Waals surface area (Å²) in [7, 11) is 0. The highest BCUT2D eigenvalue weighted by molar-refractivity contribution is 5.81. The number of alkyl halides is 3. The van der Waals surface area contributed by atoms with Gasteiger partial charge in [-0.05, 0) is 61.8 Å². The van der Waals surface area contributed by atoms with E-state index in [1.54, 1.807) is 30.4 Å². The van der Waals surface area contributed by atoms with Crippen molar-refractivity contribution in [2.24, 2.45) is 17.6 Å². The molecule has 2 heterocycles. The lowest BCUT2D eigenvalue weighted by atomic mass is 9.77. The van der Waals surface area contributed by atoms with Crippen LogP contribution in [-0.2, 0) is 4.79 Å². The van der Waals surface area contributed by atoms with Crippen molar-refractivity contribution in [2.45, 2.75) is 63.2 Å². The molecule has 0 spiro atoms. The van der Waals surface area contributed by atoms with Gasteiger partial charge in [-0.25, -0.2) is 0 Å². The minimum atomic E-state index is -4.48. The third kappa shape index (κ3) is 6.28. The first kappa shape index (κ1) is 25.4. The summed E-state index contributed by atoms with van der Waals surface area (Å²) in [5.41, 5.74) is 7.82. The average molecular weight is 489 g/mol. The van der Waals surface area contributed by atoms with Crippen LogP contribution in [0.15, 0.2) is 48.2 Å². The lowest BCUT2D eigenvalue weighted by molar-refractivity contribution is -0.122. The van der Waals surface area contributed by atoms with Crippen molar-refractivity contribution in [3.05, 3.63) is 59.3 Å². The zero-order chi connectivity index (χ0) is 25.2. The molecule has 2 aliphatic carbocycles. The highest BCUT2D eigenvalue weighted by Crippen LogP contribution is 2.40. The van der Waals surface area contributed by atoms with Gasteiger partial charge in [0, 0.05) is 59.5 Å². The fourth-order valence-corrected chi connectivity index (χ4v) is 5.10. The van der Waals surface area contributed by atoms with Crippen molar-refractivity contribution in [1.29, 1.82) is 0 Å². The summed E-state index contributed by atoms with van der Waals surface area (Å²) in [5.74, 6) is -0.271. The lowest BCUT2D eigenvalue weighted by Crippen LogP contribution is -2.54. The van der Waals surface area contributed by atoms with Crippen molar-refractivity contribution >= 4 is 17.7 Å². The standard InChI is InChI=1S/C27H35F3N4O/c1-16(17(2)27(28,29)30)22-6-3-7-24(34-25-14-21-11-10-19(25)15-33-21)23(22)13-20(31)5-4-12-32-26(35)18-8-9-18/h3-7,13,16,18-19,21,25,33-34H,2,8-12,14-15,31H2,1H3,(H,32,35)/b5-4+,20-13-. The van der Waals surface area contributed by atoms with Crippen LogP contribution in [0.2, 0.25) is 0 Å². The van der Waals surface area contributed by atoms with Crippen molar-refractivity contribution < 1.29 is 18.0 Å². The van der Waals surface area contributed by atoms with Crippen LogP contribution in [0, 0.1) is 11.8 Å². The molecule has 2 saturated carbocycles. The van der Waals surface area contributed by atoms with Crippen LogP contribution < -0.4 is 21.7 Å². The Bertz CT molecular complexity index is 1000. The Kier molecular flexibility index (Phi) is 7.59. The molecule has 1 amide bonds. The maximum atomic E-state index is 13.5. The molecule has 4 unspecified atom stereocenters. The lowest BCUT2D eigenvalue weighted by Gasteiger charge is -2.44. The van der Waals surface area contributed by atoms with E-state index >= 15 is 0 Å². The Labute approximate surface area is 205 Å². The quantitative estimate of drug-likeness (QED) is 0.296. The number of piperidine rings is 2. The second kappa shape index (κ2) is 10.5. The zero-order valence-electron chi connectivity index (χ0n) is 20.1. The number of hydrogen-bond donors (Lipinski definition) is 4. The second-order valence-electron chi connectivity index (χ2n) is 10.0. The highest BCUT2D eigenvalue weighted by atomic mass is 19.4. The molecule has 0 radical (unpaired) electrons. The van der Waals surface area contributed by atoms with Gasteiger partial charge in [0.15, 0.2) is 0 Å². The Morgan fingerprint density at radius 3 is 2.66 bits per heavy atom. The third-order valence-corrected chi connectivity index (χ3v) is 7.46. The number of nitrogens with one attached hydrogen (secondary N) is 3. The molecule has 5 N–H and O–H groups in total. The van der Waals surface area contributed by atoms with Crippen LogP contribution in [0.3, 0.4) is 0 Å². The fourth-order valence-electron chi connectivity index (χ4n) is 5.10. The van der Waals surface area contributed by atoms with Gasteiger partial charge < -0.3 is 21.7 Å². The van der Waals surface area contributed by atoms with E-state index in [0.29, 0.717) is 35.3 Å². The number of allylic oxidation sites excluding steroid dienone is 2. The molecule has 2 bridgehead atoms. The van der Waals surface area contributed by atoms with Crippen molar-refractivity contribution in [2.75, 3.05) is 18.4 Å². The summed E-state index contributed by atoms with van der Waals surface area (Å²) in [5, 5.41) is 10.0. The number of anilines is 1. The molecule has 190 valence electrons.